The minimum atomic E-state index is -1.30. The fourth-order valence-corrected chi connectivity index (χ4v) is 3.46. The molecule has 0 radical (unpaired) electrons. The van der Waals surface area contributed by atoms with E-state index in [1.54, 1.807) is 31.2 Å². The molecule has 2 aliphatic rings. The van der Waals surface area contributed by atoms with Crippen LogP contribution < -0.4 is 20.1 Å². The van der Waals surface area contributed by atoms with Crippen molar-refractivity contribution in [3.8, 4) is 11.5 Å². The number of ether oxygens (including phenoxy) is 2. The van der Waals surface area contributed by atoms with Crippen LogP contribution in [0.2, 0.25) is 0 Å². The minimum absolute atomic E-state index is 0.376. The number of carbonyl (C=O) groups is 3. The second-order valence-corrected chi connectivity index (χ2v) is 7.22. The van der Waals surface area contributed by atoms with Gasteiger partial charge < -0.3 is 20.1 Å². The molecule has 0 saturated carbocycles. The van der Waals surface area contributed by atoms with E-state index in [-0.39, 0.29) is 6.54 Å². The molecule has 29 heavy (non-hydrogen) atoms. The number of carbonyl (C=O) groups excluding carboxylic acids is 3. The monoisotopic (exact) mass is 395 g/mol. The molecule has 4 amide bonds. The molecule has 1 saturated heterocycles. The summed E-state index contributed by atoms with van der Waals surface area (Å²) in [4.78, 5) is 38.8. The third-order valence-corrected chi connectivity index (χ3v) is 5.00. The quantitative estimate of drug-likeness (QED) is 0.774. The number of nitrogens with one attached hydrogen (secondary N) is 2. The Balaban J connectivity index is 1.51. The van der Waals surface area contributed by atoms with Crippen LogP contribution >= 0.6 is 0 Å². The summed E-state index contributed by atoms with van der Waals surface area (Å²) in [7, 11) is 0. The molecule has 1 fully saturated rings. The van der Waals surface area contributed by atoms with Crippen LogP contribution in [0.1, 0.15) is 18.1 Å². The molecule has 0 aliphatic carbocycles. The van der Waals surface area contributed by atoms with E-state index in [4.69, 9.17) is 9.47 Å². The summed E-state index contributed by atoms with van der Waals surface area (Å²) < 4.78 is 11.1. The highest BCUT2D eigenvalue weighted by molar-refractivity contribution is 6.10. The van der Waals surface area contributed by atoms with Gasteiger partial charge in [0, 0.05) is 5.69 Å². The number of rotatable bonds is 4. The summed E-state index contributed by atoms with van der Waals surface area (Å²) in [5.41, 5.74) is 0.860. The average Bonchev–Trinajstić information content (AvgIpc) is 2.91. The Morgan fingerprint density at radius 1 is 1.14 bits per heavy atom. The highest BCUT2D eigenvalue weighted by Gasteiger charge is 2.49. The zero-order chi connectivity index (χ0) is 20.6. The van der Waals surface area contributed by atoms with Gasteiger partial charge in [-0.15, -0.1) is 0 Å². The molecule has 8 heteroatoms. The van der Waals surface area contributed by atoms with Gasteiger partial charge in [0.15, 0.2) is 11.5 Å². The van der Waals surface area contributed by atoms with Crippen LogP contribution in [-0.4, -0.2) is 42.5 Å². The third-order valence-electron chi connectivity index (χ3n) is 5.00. The maximum absolute atomic E-state index is 13.0. The standard InChI is InChI=1S/C21H21N3O5/c1-13-4-3-5-15(10-13)22-18(25)12-24-19(26)21(2,23-20(24)27)14-6-7-16-17(11-14)29-9-8-28-16/h3-7,10-11H,8-9,12H2,1-2H3,(H,22,25)(H,23,27)/t21-/m0/s1. The van der Waals surface area contributed by atoms with Crippen LogP contribution in [0, 0.1) is 6.92 Å². The molecule has 8 nitrogen and oxygen atoms in total. The van der Waals surface area contributed by atoms with E-state index in [9.17, 15) is 14.4 Å². The van der Waals surface area contributed by atoms with Crippen molar-refractivity contribution in [2.24, 2.45) is 0 Å². The van der Waals surface area contributed by atoms with E-state index in [0.29, 0.717) is 36.0 Å². The molecule has 2 aliphatic heterocycles. The van der Waals surface area contributed by atoms with E-state index < -0.39 is 23.4 Å². The minimum Gasteiger partial charge on any atom is -0.486 e. The maximum Gasteiger partial charge on any atom is 0.325 e. The zero-order valence-corrected chi connectivity index (χ0v) is 16.2. The highest BCUT2D eigenvalue weighted by Crippen LogP contribution is 2.36. The van der Waals surface area contributed by atoms with Gasteiger partial charge in [-0.05, 0) is 49.2 Å². The second kappa shape index (κ2) is 7.12. The van der Waals surface area contributed by atoms with Gasteiger partial charge in [-0.3, -0.25) is 14.5 Å². The predicted molar refractivity (Wildman–Crippen MR) is 105 cm³/mol. The van der Waals surface area contributed by atoms with Crippen LogP contribution in [-0.2, 0) is 15.1 Å². The van der Waals surface area contributed by atoms with Crippen molar-refractivity contribution in [1.29, 1.82) is 0 Å². The van der Waals surface area contributed by atoms with Gasteiger partial charge in [0.1, 0.15) is 25.3 Å². The number of anilines is 1. The molecule has 2 heterocycles. The van der Waals surface area contributed by atoms with Gasteiger partial charge in [-0.2, -0.15) is 0 Å². The second-order valence-electron chi connectivity index (χ2n) is 7.22. The molecule has 4 rings (SSSR count). The van der Waals surface area contributed by atoms with Crippen molar-refractivity contribution in [3.63, 3.8) is 0 Å². The Morgan fingerprint density at radius 3 is 2.66 bits per heavy atom. The Morgan fingerprint density at radius 2 is 1.90 bits per heavy atom. The first-order valence-corrected chi connectivity index (χ1v) is 9.27. The van der Waals surface area contributed by atoms with Crippen molar-refractivity contribution in [2.75, 3.05) is 25.1 Å². The van der Waals surface area contributed by atoms with Crippen molar-refractivity contribution < 1.29 is 23.9 Å². The third kappa shape index (κ3) is 3.49. The van der Waals surface area contributed by atoms with Gasteiger partial charge in [-0.1, -0.05) is 18.2 Å². The Hall–Kier alpha value is -3.55. The summed E-state index contributed by atoms with van der Waals surface area (Å²) >= 11 is 0. The first kappa shape index (κ1) is 18.8. The van der Waals surface area contributed by atoms with E-state index in [1.165, 1.54) is 0 Å². The summed E-state index contributed by atoms with van der Waals surface area (Å²) in [6.45, 7) is 4.02. The molecule has 1 atom stereocenters. The van der Waals surface area contributed by atoms with E-state index >= 15 is 0 Å². The van der Waals surface area contributed by atoms with Crippen molar-refractivity contribution >= 4 is 23.5 Å². The van der Waals surface area contributed by atoms with Gasteiger partial charge in [-0.25, -0.2) is 4.79 Å². The number of hydrogen-bond acceptors (Lipinski definition) is 5. The van der Waals surface area contributed by atoms with Crippen LogP contribution in [0.4, 0.5) is 10.5 Å². The fourth-order valence-electron chi connectivity index (χ4n) is 3.46. The first-order valence-electron chi connectivity index (χ1n) is 9.27. The lowest BCUT2D eigenvalue weighted by molar-refractivity contribution is -0.133. The Kier molecular flexibility index (Phi) is 4.62. The molecule has 0 unspecified atom stereocenters. The maximum atomic E-state index is 13.0. The molecule has 0 bridgehead atoms. The average molecular weight is 395 g/mol. The molecular formula is C21H21N3O5. The number of aryl methyl sites for hydroxylation is 1. The smallest absolute Gasteiger partial charge is 0.325 e. The summed E-state index contributed by atoms with van der Waals surface area (Å²) in [5.74, 6) is 0.159. The largest absolute Gasteiger partial charge is 0.486 e. The van der Waals surface area contributed by atoms with Crippen molar-refractivity contribution in [1.82, 2.24) is 10.2 Å². The van der Waals surface area contributed by atoms with Gasteiger partial charge in [0.05, 0.1) is 0 Å². The lowest BCUT2D eigenvalue weighted by Gasteiger charge is -2.25. The van der Waals surface area contributed by atoms with Crippen LogP contribution in [0.5, 0.6) is 11.5 Å². The number of nitrogens with zero attached hydrogens (tertiary/aromatic N) is 1. The fraction of sp³-hybridized carbons (Fsp3) is 0.286. The topological polar surface area (TPSA) is 97.0 Å². The summed E-state index contributed by atoms with van der Waals surface area (Å²) in [5, 5.41) is 5.40. The van der Waals surface area contributed by atoms with Crippen LogP contribution in [0.15, 0.2) is 42.5 Å². The summed E-state index contributed by atoms with van der Waals surface area (Å²) in [6.07, 6.45) is 0. The van der Waals surface area contributed by atoms with E-state index in [0.717, 1.165) is 10.5 Å². The van der Waals surface area contributed by atoms with Crippen molar-refractivity contribution in [3.05, 3.63) is 53.6 Å². The van der Waals surface area contributed by atoms with Crippen LogP contribution in [0.3, 0.4) is 0 Å². The molecule has 150 valence electrons. The lowest BCUT2D eigenvalue weighted by Crippen LogP contribution is -2.42. The molecule has 2 aromatic carbocycles. The number of benzene rings is 2. The van der Waals surface area contributed by atoms with Gasteiger partial charge in [0.25, 0.3) is 5.91 Å². The molecule has 2 N–H and O–H groups in total. The first-order chi connectivity index (χ1) is 13.9. The van der Waals surface area contributed by atoms with Crippen molar-refractivity contribution in [2.45, 2.75) is 19.4 Å². The van der Waals surface area contributed by atoms with Crippen LogP contribution in [0.25, 0.3) is 0 Å². The number of hydrogen-bond donors (Lipinski definition) is 2. The Labute approximate surface area is 167 Å². The highest BCUT2D eigenvalue weighted by atomic mass is 16.6. The van der Waals surface area contributed by atoms with Gasteiger partial charge >= 0.3 is 6.03 Å². The lowest BCUT2D eigenvalue weighted by atomic mass is 9.91. The predicted octanol–water partition coefficient (Wildman–Crippen LogP) is 2.17. The normalized spacial score (nSPS) is 20.4. The Bertz CT molecular complexity index is 1010. The molecular weight excluding hydrogens is 374 g/mol. The molecule has 2 aromatic rings. The number of fused-ring (bicyclic) bond motifs is 1. The van der Waals surface area contributed by atoms with E-state index in [1.807, 2.05) is 25.1 Å². The zero-order valence-electron chi connectivity index (χ0n) is 16.2. The van der Waals surface area contributed by atoms with Gasteiger partial charge in [0.2, 0.25) is 5.91 Å². The van der Waals surface area contributed by atoms with E-state index in [2.05, 4.69) is 10.6 Å². The number of imide groups is 1. The summed E-state index contributed by atoms with van der Waals surface area (Å²) in [6, 6.07) is 11.8. The number of urea groups is 1. The SMILES string of the molecule is Cc1cccc(NC(=O)CN2C(=O)N[C@@](C)(c3ccc4c(c3)OCCO4)C2=O)c1. The number of amides is 4. The molecule has 0 spiro atoms. The molecule has 0 aromatic heterocycles.